The minimum atomic E-state index is 0.469. The van der Waals surface area contributed by atoms with E-state index in [1.165, 1.54) is 24.1 Å². The van der Waals surface area contributed by atoms with Crippen LogP contribution < -0.4 is 15.0 Å². The van der Waals surface area contributed by atoms with E-state index in [2.05, 4.69) is 42.4 Å². The minimum absolute atomic E-state index is 0.469. The maximum absolute atomic E-state index is 5.50. The van der Waals surface area contributed by atoms with Gasteiger partial charge in [-0.1, -0.05) is 13.0 Å². The summed E-state index contributed by atoms with van der Waals surface area (Å²) in [6.45, 7) is 4.39. The molecule has 1 saturated carbocycles. The molecule has 0 radical (unpaired) electrons. The van der Waals surface area contributed by atoms with Crippen molar-refractivity contribution >= 4 is 5.69 Å². The average Bonchev–Trinajstić information content (AvgIpc) is 3.17. The lowest BCUT2D eigenvalue weighted by atomic mass is 10.1. The van der Waals surface area contributed by atoms with Crippen LogP contribution >= 0.6 is 0 Å². The fourth-order valence-corrected chi connectivity index (χ4v) is 2.78. The number of benzene rings is 1. The Kier molecular flexibility index (Phi) is 4.35. The summed E-state index contributed by atoms with van der Waals surface area (Å²) in [5.41, 5.74) is 3.04. The van der Waals surface area contributed by atoms with Gasteiger partial charge < -0.3 is 15.0 Å². The third kappa shape index (κ3) is 3.21. The van der Waals surface area contributed by atoms with Gasteiger partial charge in [0.25, 0.3) is 0 Å². The number of rotatable bonds is 7. The lowest BCUT2D eigenvalue weighted by Crippen LogP contribution is -2.33. The van der Waals surface area contributed by atoms with Crippen molar-refractivity contribution in [1.82, 2.24) is 5.32 Å². The molecule has 3 nitrogen and oxygen atoms in total. The van der Waals surface area contributed by atoms with E-state index in [0.29, 0.717) is 5.41 Å². The van der Waals surface area contributed by atoms with E-state index in [0.717, 1.165) is 25.3 Å². The van der Waals surface area contributed by atoms with Crippen LogP contribution in [0, 0.1) is 5.41 Å². The van der Waals surface area contributed by atoms with Crippen LogP contribution in [0.1, 0.15) is 25.3 Å². The molecule has 1 aliphatic rings. The second-order valence-electron chi connectivity index (χ2n) is 5.75. The third-order valence-corrected chi connectivity index (χ3v) is 4.14. The first-order valence-electron chi connectivity index (χ1n) is 7.17. The van der Waals surface area contributed by atoms with E-state index in [4.69, 9.17) is 4.74 Å². The Morgan fingerprint density at radius 3 is 2.63 bits per heavy atom. The number of nitrogens with one attached hydrogen (secondary N) is 1. The van der Waals surface area contributed by atoms with Gasteiger partial charge in [-0.25, -0.2) is 0 Å². The average molecular weight is 262 g/mol. The van der Waals surface area contributed by atoms with Gasteiger partial charge in [0.15, 0.2) is 0 Å². The molecule has 0 heterocycles. The zero-order valence-corrected chi connectivity index (χ0v) is 12.6. The lowest BCUT2D eigenvalue weighted by Gasteiger charge is -2.27. The van der Waals surface area contributed by atoms with E-state index in [9.17, 15) is 0 Å². The lowest BCUT2D eigenvalue weighted by molar-refractivity contribution is 0.412. The molecular weight excluding hydrogens is 236 g/mol. The molecule has 1 aliphatic carbocycles. The first-order valence-corrected chi connectivity index (χ1v) is 7.17. The Balaban J connectivity index is 2.15. The zero-order valence-electron chi connectivity index (χ0n) is 12.6. The van der Waals surface area contributed by atoms with Crippen molar-refractivity contribution in [3.8, 4) is 5.75 Å². The number of hydrogen-bond acceptors (Lipinski definition) is 3. The Hall–Kier alpha value is -1.22. The van der Waals surface area contributed by atoms with Crippen molar-refractivity contribution in [2.75, 3.05) is 39.2 Å². The quantitative estimate of drug-likeness (QED) is 0.817. The topological polar surface area (TPSA) is 24.5 Å². The van der Waals surface area contributed by atoms with Gasteiger partial charge in [0.2, 0.25) is 0 Å². The normalized spacial score (nSPS) is 16.2. The predicted molar refractivity (Wildman–Crippen MR) is 81.2 cm³/mol. The van der Waals surface area contributed by atoms with Crippen molar-refractivity contribution in [3.63, 3.8) is 0 Å². The van der Waals surface area contributed by atoms with Crippen molar-refractivity contribution in [2.45, 2.75) is 26.2 Å². The van der Waals surface area contributed by atoms with E-state index >= 15 is 0 Å². The van der Waals surface area contributed by atoms with E-state index in [-0.39, 0.29) is 0 Å². The monoisotopic (exact) mass is 262 g/mol. The number of ether oxygens (including phenoxy) is 1. The molecular formula is C16H26N2O. The Morgan fingerprint density at radius 2 is 2.11 bits per heavy atom. The third-order valence-electron chi connectivity index (χ3n) is 4.14. The first kappa shape index (κ1) is 14.2. The fourth-order valence-electron chi connectivity index (χ4n) is 2.78. The summed E-state index contributed by atoms with van der Waals surface area (Å²) in [4.78, 5) is 2.35. The van der Waals surface area contributed by atoms with Crippen LogP contribution in [0.15, 0.2) is 18.2 Å². The highest BCUT2D eigenvalue weighted by molar-refractivity contribution is 5.60. The van der Waals surface area contributed by atoms with Crippen molar-refractivity contribution in [1.29, 1.82) is 0 Å². The van der Waals surface area contributed by atoms with Gasteiger partial charge in [-0.2, -0.15) is 0 Å². The van der Waals surface area contributed by atoms with Crippen LogP contribution in [0.5, 0.6) is 5.75 Å². The Bertz CT molecular complexity index is 427. The van der Waals surface area contributed by atoms with E-state index in [1.54, 1.807) is 7.11 Å². The molecule has 1 N–H and O–H groups in total. The van der Waals surface area contributed by atoms with Gasteiger partial charge in [0.1, 0.15) is 5.75 Å². The smallest absolute Gasteiger partial charge is 0.142 e. The second-order valence-corrected chi connectivity index (χ2v) is 5.75. The second kappa shape index (κ2) is 5.83. The summed E-state index contributed by atoms with van der Waals surface area (Å²) < 4.78 is 5.50. The standard InChI is InChI=1S/C16H26N2O/c1-5-13-6-7-15(19-4)14(10-13)18(3)12-16(8-9-16)11-17-2/h6-7,10,17H,5,8-9,11-12H2,1-4H3. The summed E-state index contributed by atoms with van der Waals surface area (Å²) in [5, 5.41) is 3.32. The van der Waals surface area contributed by atoms with Crippen molar-refractivity contribution < 1.29 is 4.74 Å². The largest absolute Gasteiger partial charge is 0.495 e. The maximum Gasteiger partial charge on any atom is 0.142 e. The summed E-state index contributed by atoms with van der Waals surface area (Å²) in [5.74, 6) is 0.972. The number of hydrogen-bond donors (Lipinski definition) is 1. The Labute approximate surface area is 116 Å². The molecule has 106 valence electrons. The van der Waals surface area contributed by atoms with Crippen LogP contribution in [-0.4, -0.2) is 34.3 Å². The molecule has 0 spiro atoms. The summed E-state index contributed by atoms with van der Waals surface area (Å²) in [6.07, 6.45) is 3.72. The molecule has 1 fully saturated rings. The fraction of sp³-hybridized carbons (Fsp3) is 0.625. The first-order chi connectivity index (χ1) is 9.14. The summed E-state index contributed by atoms with van der Waals surface area (Å²) >= 11 is 0. The molecule has 0 unspecified atom stereocenters. The molecule has 0 bridgehead atoms. The van der Waals surface area contributed by atoms with Crippen molar-refractivity contribution in [2.24, 2.45) is 5.41 Å². The minimum Gasteiger partial charge on any atom is -0.495 e. The van der Waals surface area contributed by atoms with Crippen LogP contribution in [0.3, 0.4) is 0 Å². The molecule has 0 aromatic heterocycles. The predicted octanol–water partition coefficient (Wildman–Crippen LogP) is 2.69. The molecule has 0 aliphatic heterocycles. The molecule has 0 saturated heterocycles. The van der Waals surface area contributed by atoms with Gasteiger partial charge in [0, 0.05) is 25.6 Å². The van der Waals surface area contributed by atoms with Crippen LogP contribution in [0.4, 0.5) is 5.69 Å². The molecule has 1 aromatic rings. The number of nitrogens with zero attached hydrogens (tertiary/aromatic N) is 1. The van der Waals surface area contributed by atoms with Gasteiger partial charge in [-0.15, -0.1) is 0 Å². The summed E-state index contributed by atoms with van der Waals surface area (Å²) in [7, 11) is 5.96. The van der Waals surface area contributed by atoms with Crippen molar-refractivity contribution in [3.05, 3.63) is 23.8 Å². The van der Waals surface area contributed by atoms with Gasteiger partial charge in [-0.3, -0.25) is 0 Å². The van der Waals surface area contributed by atoms with Crippen LogP contribution in [0.2, 0.25) is 0 Å². The molecule has 3 heteroatoms. The van der Waals surface area contributed by atoms with Crippen LogP contribution in [-0.2, 0) is 6.42 Å². The zero-order chi connectivity index (χ0) is 13.9. The SMILES string of the molecule is CCc1ccc(OC)c(N(C)CC2(CNC)CC2)c1. The maximum atomic E-state index is 5.50. The van der Waals surface area contributed by atoms with Gasteiger partial charge in [0.05, 0.1) is 12.8 Å². The van der Waals surface area contributed by atoms with Gasteiger partial charge in [-0.05, 0) is 44.0 Å². The highest BCUT2D eigenvalue weighted by Gasteiger charge is 2.42. The highest BCUT2D eigenvalue weighted by Crippen LogP contribution is 2.46. The molecule has 2 rings (SSSR count). The number of aryl methyl sites for hydroxylation is 1. The van der Waals surface area contributed by atoms with E-state index < -0.39 is 0 Å². The molecule has 1 aromatic carbocycles. The number of methoxy groups -OCH3 is 1. The van der Waals surface area contributed by atoms with E-state index in [1.807, 2.05) is 7.05 Å². The molecule has 0 amide bonds. The molecule has 19 heavy (non-hydrogen) atoms. The van der Waals surface area contributed by atoms with Gasteiger partial charge >= 0.3 is 0 Å². The molecule has 0 atom stereocenters. The Morgan fingerprint density at radius 1 is 1.37 bits per heavy atom. The number of anilines is 1. The summed E-state index contributed by atoms with van der Waals surface area (Å²) in [6, 6.07) is 6.49. The highest BCUT2D eigenvalue weighted by atomic mass is 16.5. The van der Waals surface area contributed by atoms with Crippen LogP contribution in [0.25, 0.3) is 0 Å².